The normalized spacial score (nSPS) is 15.3. The van der Waals surface area contributed by atoms with Crippen LogP contribution in [0.2, 0.25) is 10.0 Å². The second-order valence-corrected chi connectivity index (χ2v) is 7.11. The largest absolute Gasteiger partial charge is 0.492 e. The van der Waals surface area contributed by atoms with Crippen molar-refractivity contribution < 1.29 is 14.3 Å². The van der Waals surface area contributed by atoms with Gasteiger partial charge in [0, 0.05) is 37.7 Å². The van der Waals surface area contributed by atoms with E-state index in [1.54, 1.807) is 12.1 Å². The minimum absolute atomic E-state index is 0.00730. The average Bonchev–Trinajstić information content (AvgIpc) is 2.62. The van der Waals surface area contributed by atoms with Crippen LogP contribution in [0, 0.1) is 0 Å². The van der Waals surface area contributed by atoms with E-state index in [-0.39, 0.29) is 5.78 Å². The van der Waals surface area contributed by atoms with Crippen LogP contribution in [0.1, 0.15) is 49.4 Å². The van der Waals surface area contributed by atoms with Gasteiger partial charge in [-0.25, -0.2) is 0 Å². The number of morpholine rings is 1. The summed E-state index contributed by atoms with van der Waals surface area (Å²) in [6, 6.07) is 3.29. The summed E-state index contributed by atoms with van der Waals surface area (Å²) in [7, 11) is 0. The summed E-state index contributed by atoms with van der Waals surface area (Å²) in [6.07, 6.45) is 4.94. The lowest BCUT2D eigenvalue weighted by Gasteiger charge is -2.26. The molecule has 0 saturated carbocycles. The highest BCUT2D eigenvalue weighted by Gasteiger charge is 2.17. The number of rotatable bonds is 10. The minimum Gasteiger partial charge on any atom is -0.492 e. The van der Waals surface area contributed by atoms with Gasteiger partial charge in [-0.15, -0.1) is 0 Å². The second-order valence-electron chi connectivity index (χ2n) is 6.30. The van der Waals surface area contributed by atoms with Gasteiger partial charge in [-0.05, 0) is 12.5 Å². The van der Waals surface area contributed by atoms with Crippen molar-refractivity contribution in [1.29, 1.82) is 0 Å². The number of Topliss-reactive ketones (excluding diaryl/α,β-unsaturated/α-hetero) is 1. The van der Waals surface area contributed by atoms with Crippen LogP contribution in [0.15, 0.2) is 12.1 Å². The molecule has 1 saturated heterocycles. The Labute approximate surface area is 160 Å². The van der Waals surface area contributed by atoms with Crippen LogP contribution < -0.4 is 4.74 Å². The summed E-state index contributed by atoms with van der Waals surface area (Å²) in [6.45, 7) is 6.69. The number of halogens is 2. The quantitative estimate of drug-likeness (QED) is 0.424. The Kier molecular flexibility index (Phi) is 9.04. The number of unbranched alkanes of at least 4 members (excludes halogenated alkanes) is 3. The standard InChI is InChI=1S/C19H27Cl2NO3/c1-2-3-4-5-10-25-19-14-16(20)15(13-17(19)21)18(23)6-7-22-8-11-24-12-9-22/h13-14H,2-12H2,1H3. The number of hydrogen-bond acceptors (Lipinski definition) is 4. The first-order valence-corrected chi connectivity index (χ1v) is 9.82. The van der Waals surface area contributed by atoms with Crippen molar-refractivity contribution in [2.75, 3.05) is 39.5 Å². The van der Waals surface area contributed by atoms with Gasteiger partial charge in [0.25, 0.3) is 0 Å². The number of nitrogens with zero attached hydrogens (tertiary/aromatic N) is 1. The monoisotopic (exact) mass is 387 g/mol. The zero-order valence-electron chi connectivity index (χ0n) is 14.9. The Balaban J connectivity index is 1.87. The van der Waals surface area contributed by atoms with E-state index in [0.29, 0.717) is 40.9 Å². The molecule has 0 spiro atoms. The third-order valence-electron chi connectivity index (χ3n) is 4.34. The average molecular weight is 388 g/mol. The highest BCUT2D eigenvalue weighted by molar-refractivity contribution is 6.36. The Morgan fingerprint density at radius 2 is 1.92 bits per heavy atom. The molecule has 4 nitrogen and oxygen atoms in total. The smallest absolute Gasteiger partial charge is 0.165 e. The highest BCUT2D eigenvalue weighted by Crippen LogP contribution is 2.32. The number of ether oxygens (including phenoxy) is 2. The first-order valence-electron chi connectivity index (χ1n) is 9.07. The number of ketones is 1. The maximum Gasteiger partial charge on any atom is 0.165 e. The molecule has 0 unspecified atom stereocenters. The second kappa shape index (κ2) is 11.0. The van der Waals surface area contributed by atoms with Crippen LogP contribution in [0.25, 0.3) is 0 Å². The number of carbonyl (C=O) groups excluding carboxylic acids is 1. The van der Waals surface area contributed by atoms with Gasteiger partial charge in [-0.2, -0.15) is 0 Å². The van der Waals surface area contributed by atoms with Gasteiger partial charge < -0.3 is 9.47 Å². The maximum absolute atomic E-state index is 12.5. The summed E-state index contributed by atoms with van der Waals surface area (Å²) in [4.78, 5) is 14.7. The predicted octanol–water partition coefficient (Wildman–Crippen LogP) is 4.86. The lowest BCUT2D eigenvalue weighted by molar-refractivity contribution is 0.0370. The SMILES string of the molecule is CCCCCCOc1cc(Cl)c(C(=O)CCN2CCOCC2)cc1Cl. The molecular weight excluding hydrogens is 361 g/mol. The summed E-state index contributed by atoms with van der Waals surface area (Å²) < 4.78 is 11.0. The van der Waals surface area contributed by atoms with Gasteiger partial charge in [0.1, 0.15) is 5.75 Å². The topological polar surface area (TPSA) is 38.8 Å². The molecule has 1 aliphatic rings. The van der Waals surface area contributed by atoms with Gasteiger partial charge in [-0.1, -0.05) is 49.4 Å². The third-order valence-corrected chi connectivity index (χ3v) is 4.94. The zero-order chi connectivity index (χ0) is 18.1. The van der Waals surface area contributed by atoms with Gasteiger partial charge in [0.2, 0.25) is 0 Å². The molecule has 0 aromatic heterocycles. The molecule has 0 radical (unpaired) electrons. The van der Waals surface area contributed by atoms with E-state index < -0.39 is 0 Å². The van der Waals surface area contributed by atoms with E-state index in [1.165, 1.54) is 12.8 Å². The lowest BCUT2D eigenvalue weighted by atomic mass is 10.1. The summed E-state index contributed by atoms with van der Waals surface area (Å²) in [5, 5.41) is 0.842. The zero-order valence-corrected chi connectivity index (χ0v) is 16.4. The van der Waals surface area contributed by atoms with Crippen LogP contribution in [0.4, 0.5) is 0 Å². The van der Waals surface area contributed by atoms with Crippen molar-refractivity contribution in [2.45, 2.75) is 39.0 Å². The number of benzene rings is 1. The molecule has 1 aromatic carbocycles. The summed E-state index contributed by atoms with van der Waals surface area (Å²) >= 11 is 12.6. The molecule has 1 heterocycles. The first-order chi connectivity index (χ1) is 12.1. The fraction of sp³-hybridized carbons (Fsp3) is 0.632. The number of hydrogen-bond donors (Lipinski definition) is 0. The number of carbonyl (C=O) groups is 1. The lowest BCUT2D eigenvalue weighted by Crippen LogP contribution is -2.37. The van der Waals surface area contributed by atoms with E-state index in [2.05, 4.69) is 11.8 Å². The van der Waals surface area contributed by atoms with Gasteiger partial charge >= 0.3 is 0 Å². The highest BCUT2D eigenvalue weighted by atomic mass is 35.5. The van der Waals surface area contributed by atoms with E-state index in [0.717, 1.165) is 39.1 Å². The van der Waals surface area contributed by atoms with Crippen molar-refractivity contribution in [3.8, 4) is 5.75 Å². The van der Waals surface area contributed by atoms with E-state index in [9.17, 15) is 4.79 Å². The molecule has 0 amide bonds. The van der Waals surface area contributed by atoms with Crippen LogP contribution in [0.5, 0.6) is 5.75 Å². The van der Waals surface area contributed by atoms with Crippen molar-refractivity contribution in [3.05, 3.63) is 27.7 Å². The molecule has 140 valence electrons. The molecule has 0 atom stereocenters. The Morgan fingerprint density at radius 1 is 1.16 bits per heavy atom. The van der Waals surface area contributed by atoms with Crippen molar-refractivity contribution in [3.63, 3.8) is 0 Å². The molecule has 0 aliphatic carbocycles. The van der Waals surface area contributed by atoms with Crippen LogP contribution in [-0.4, -0.2) is 50.1 Å². The Hall–Kier alpha value is -0.810. The maximum atomic E-state index is 12.5. The van der Waals surface area contributed by atoms with E-state index in [4.69, 9.17) is 32.7 Å². The van der Waals surface area contributed by atoms with Crippen molar-refractivity contribution >= 4 is 29.0 Å². The summed E-state index contributed by atoms with van der Waals surface area (Å²) in [5.74, 6) is 0.556. The molecule has 0 bridgehead atoms. The molecule has 25 heavy (non-hydrogen) atoms. The molecule has 6 heteroatoms. The predicted molar refractivity (Wildman–Crippen MR) is 102 cm³/mol. The van der Waals surface area contributed by atoms with Gasteiger partial charge in [0.15, 0.2) is 5.78 Å². The molecule has 2 rings (SSSR count). The molecule has 1 aromatic rings. The van der Waals surface area contributed by atoms with Gasteiger partial charge in [-0.3, -0.25) is 9.69 Å². The van der Waals surface area contributed by atoms with E-state index >= 15 is 0 Å². The fourth-order valence-corrected chi connectivity index (χ4v) is 3.26. The van der Waals surface area contributed by atoms with Gasteiger partial charge in [0.05, 0.1) is 29.9 Å². The van der Waals surface area contributed by atoms with Crippen LogP contribution in [0.3, 0.4) is 0 Å². The van der Waals surface area contributed by atoms with Crippen LogP contribution in [-0.2, 0) is 4.74 Å². The molecule has 1 aliphatic heterocycles. The fourth-order valence-electron chi connectivity index (χ4n) is 2.78. The first kappa shape index (κ1) is 20.5. The van der Waals surface area contributed by atoms with E-state index in [1.807, 2.05) is 0 Å². The van der Waals surface area contributed by atoms with Crippen molar-refractivity contribution in [2.24, 2.45) is 0 Å². The molecule has 0 N–H and O–H groups in total. The minimum atomic E-state index is 0.00730. The molecular formula is C19H27Cl2NO3. The Morgan fingerprint density at radius 3 is 2.64 bits per heavy atom. The van der Waals surface area contributed by atoms with Crippen molar-refractivity contribution in [1.82, 2.24) is 4.90 Å². The molecule has 1 fully saturated rings. The summed E-state index contributed by atoms with van der Waals surface area (Å²) in [5.41, 5.74) is 0.471. The Bertz CT molecular complexity index is 560. The van der Waals surface area contributed by atoms with Crippen LogP contribution >= 0.6 is 23.2 Å². The third kappa shape index (κ3) is 6.78.